The standard InChI is InChI=1S/C16H23FN2O2Si/c1-20-16-6-5-13(17)11-14(16)15-7-8-18-19(15)9-10-21-12-22(2,3)4/h5-8,11H,9-10,12H2,1-4H3. The molecule has 1 heterocycles. The minimum absolute atomic E-state index is 0.293. The first-order valence-corrected chi connectivity index (χ1v) is 11.0. The topological polar surface area (TPSA) is 36.3 Å². The molecule has 6 heteroatoms. The first-order valence-electron chi connectivity index (χ1n) is 7.34. The Morgan fingerprint density at radius 3 is 2.68 bits per heavy atom. The fraction of sp³-hybridized carbons (Fsp3) is 0.438. The molecule has 0 atom stereocenters. The smallest absolute Gasteiger partial charge is 0.128 e. The zero-order valence-electron chi connectivity index (χ0n) is 13.6. The predicted octanol–water partition coefficient (Wildman–Crippen LogP) is 3.59. The van der Waals surface area contributed by atoms with Crippen molar-refractivity contribution in [3.63, 3.8) is 0 Å². The molecule has 2 aromatic rings. The van der Waals surface area contributed by atoms with Gasteiger partial charge in [0.15, 0.2) is 0 Å². The van der Waals surface area contributed by atoms with Crippen LogP contribution in [0, 0.1) is 5.82 Å². The second-order valence-corrected chi connectivity index (χ2v) is 11.8. The minimum Gasteiger partial charge on any atom is -0.496 e. The molecule has 4 nitrogen and oxygen atoms in total. The van der Waals surface area contributed by atoms with Crippen LogP contribution in [0.4, 0.5) is 4.39 Å². The van der Waals surface area contributed by atoms with Crippen LogP contribution in [0.15, 0.2) is 30.5 Å². The fourth-order valence-electron chi connectivity index (χ4n) is 2.15. The summed E-state index contributed by atoms with van der Waals surface area (Å²) in [6.45, 7) is 8.03. The van der Waals surface area contributed by atoms with Crippen LogP contribution in [-0.2, 0) is 11.3 Å². The van der Waals surface area contributed by atoms with Crippen LogP contribution in [0.3, 0.4) is 0 Å². The van der Waals surface area contributed by atoms with Gasteiger partial charge in [-0.1, -0.05) is 19.6 Å². The lowest BCUT2D eigenvalue weighted by molar-refractivity contribution is 0.160. The highest BCUT2D eigenvalue weighted by Crippen LogP contribution is 2.30. The number of ether oxygens (including phenoxy) is 2. The van der Waals surface area contributed by atoms with Gasteiger partial charge in [0, 0.05) is 18.0 Å². The lowest BCUT2D eigenvalue weighted by Crippen LogP contribution is -2.29. The van der Waals surface area contributed by atoms with Crippen molar-refractivity contribution in [3.05, 3.63) is 36.3 Å². The lowest BCUT2D eigenvalue weighted by Gasteiger charge is -2.16. The Morgan fingerprint density at radius 1 is 1.23 bits per heavy atom. The third-order valence-corrected chi connectivity index (χ3v) is 4.21. The molecule has 0 N–H and O–H groups in total. The highest BCUT2D eigenvalue weighted by molar-refractivity contribution is 6.76. The molecule has 0 amide bonds. The lowest BCUT2D eigenvalue weighted by atomic mass is 10.1. The first kappa shape index (κ1) is 16.7. The number of rotatable bonds is 7. The fourth-order valence-corrected chi connectivity index (χ4v) is 2.91. The maximum atomic E-state index is 13.5. The van der Waals surface area contributed by atoms with Crippen LogP contribution >= 0.6 is 0 Å². The molecule has 0 aliphatic heterocycles. The van der Waals surface area contributed by atoms with E-state index in [0.717, 1.165) is 11.9 Å². The van der Waals surface area contributed by atoms with Crippen molar-refractivity contribution in [2.45, 2.75) is 26.2 Å². The molecule has 0 aliphatic carbocycles. The van der Waals surface area contributed by atoms with E-state index in [1.807, 2.05) is 10.7 Å². The molecule has 1 aromatic heterocycles. The average Bonchev–Trinajstić information content (AvgIpc) is 2.91. The van der Waals surface area contributed by atoms with Gasteiger partial charge in [0.2, 0.25) is 0 Å². The van der Waals surface area contributed by atoms with Gasteiger partial charge in [0.25, 0.3) is 0 Å². The summed E-state index contributed by atoms with van der Waals surface area (Å²) in [5.74, 6) is 0.338. The molecule has 22 heavy (non-hydrogen) atoms. The Balaban J connectivity index is 2.11. The minimum atomic E-state index is -1.20. The van der Waals surface area contributed by atoms with Crippen LogP contribution in [0.1, 0.15) is 0 Å². The summed E-state index contributed by atoms with van der Waals surface area (Å²) in [5, 5.41) is 4.30. The highest BCUT2D eigenvalue weighted by Gasteiger charge is 2.14. The van der Waals surface area contributed by atoms with E-state index >= 15 is 0 Å². The van der Waals surface area contributed by atoms with E-state index in [2.05, 4.69) is 24.7 Å². The van der Waals surface area contributed by atoms with Gasteiger partial charge in [-0.2, -0.15) is 5.10 Å². The molecule has 0 spiro atoms. The highest BCUT2D eigenvalue weighted by atomic mass is 28.3. The molecule has 0 aliphatic rings. The van der Waals surface area contributed by atoms with Crippen LogP contribution in [-0.4, -0.2) is 37.8 Å². The van der Waals surface area contributed by atoms with Crippen molar-refractivity contribution in [2.24, 2.45) is 0 Å². The zero-order valence-corrected chi connectivity index (χ0v) is 14.6. The average molecular weight is 322 g/mol. The van der Waals surface area contributed by atoms with Gasteiger partial charge in [-0.3, -0.25) is 4.68 Å². The number of nitrogens with zero attached hydrogens (tertiary/aromatic N) is 2. The van der Waals surface area contributed by atoms with Gasteiger partial charge >= 0.3 is 0 Å². The van der Waals surface area contributed by atoms with Crippen molar-refractivity contribution in [1.82, 2.24) is 9.78 Å². The van der Waals surface area contributed by atoms with Crippen molar-refractivity contribution in [2.75, 3.05) is 19.9 Å². The number of hydrogen-bond donors (Lipinski definition) is 0. The van der Waals surface area contributed by atoms with Crippen molar-refractivity contribution in [3.8, 4) is 17.0 Å². The normalized spacial score (nSPS) is 11.7. The van der Waals surface area contributed by atoms with Gasteiger partial charge in [0.05, 0.1) is 34.0 Å². The van der Waals surface area contributed by atoms with Gasteiger partial charge in [-0.15, -0.1) is 0 Å². The van der Waals surface area contributed by atoms with Crippen LogP contribution in [0.25, 0.3) is 11.3 Å². The van der Waals surface area contributed by atoms with Gasteiger partial charge in [-0.25, -0.2) is 4.39 Å². The summed E-state index contributed by atoms with van der Waals surface area (Å²) in [6, 6.07) is 6.34. The van der Waals surface area contributed by atoms with E-state index in [4.69, 9.17) is 9.47 Å². The molecular weight excluding hydrogens is 299 g/mol. The second kappa shape index (κ2) is 7.06. The molecule has 0 saturated carbocycles. The van der Waals surface area contributed by atoms with Crippen LogP contribution < -0.4 is 4.74 Å². The summed E-state index contributed by atoms with van der Waals surface area (Å²) in [4.78, 5) is 0. The molecular formula is C16H23FN2O2Si. The van der Waals surface area contributed by atoms with E-state index in [0.29, 0.717) is 24.5 Å². The molecule has 2 rings (SSSR count). The summed E-state index contributed by atoms with van der Waals surface area (Å²) >= 11 is 0. The first-order chi connectivity index (χ1) is 10.4. The second-order valence-electron chi connectivity index (χ2n) is 6.40. The quantitative estimate of drug-likeness (QED) is 0.577. The van der Waals surface area contributed by atoms with Gasteiger partial charge in [-0.05, 0) is 24.3 Å². The monoisotopic (exact) mass is 322 g/mol. The van der Waals surface area contributed by atoms with Gasteiger partial charge in [0.1, 0.15) is 11.6 Å². The summed E-state index contributed by atoms with van der Waals surface area (Å²) in [6.07, 6.45) is 2.53. The van der Waals surface area contributed by atoms with Crippen molar-refractivity contribution < 1.29 is 13.9 Å². The Kier molecular flexibility index (Phi) is 5.36. The number of hydrogen-bond acceptors (Lipinski definition) is 3. The molecule has 120 valence electrons. The third kappa shape index (κ3) is 4.41. The number of halogens is 1. The number of benzene rings is 1. The van der Waals surface area contributed by atoms with E-state index in [9.17, 15) is 4.39 Å². The number of methoxy groups -OCH3 is 1. The molecule has 0 radical (unpaired) electrons. The largest absolute Gasteiger partial charge is 0.496 e. The molecule has 0 saturated heterocycles. The Labute approximate surface area is 131 Å². The van der Waals surface area contributed by atoms with Crippen LogP contribution in [0.2, 0.25) is 19.6 Å². The maximum absolute atomic E-state index is 13.5. The van der Waals surface area contributed by atoms with Crippen molar-refractivity contribution in [1.29, 1.82) is 0 Å². The number of aromatic nitrogens is 2. The Hall–Kier alpha value is -1.66. The Morgan fingerprint density at radius 2 is 2.00 bits per heavy atom. The van der Waals surface area contributed by atoms with E-state index in [-0.39, 0.29) is 5.82 Å². The maximum Gasteiger partial charge on any atom is 0.128 e. The zero-order chi connectivity index (χ0) is 16.2. The molecule has 1 aromatic carbocycles. The summed E-state index contributed by atoms with van der Waals surface area (Å²) in [7, 11) is 0.377. The van der Waals surface area contributed by atoms with E-state index in [1.54, 1.807) is 19.4 Å². The van der Waals surface area contributed by atoms with Crippen molar-refractivity contribution >= 4 is 8.07 Å². The third-order valence-electron chi connectivity index (χ3n) is 3.14. The Bertz CT molecular complexity index is 623. The SMILES string of the molecule is COc1ccc(F)cc1-c1ccnn1CCOC[Si](C)(C)C. The summed E-state index contributed by atoms with van der Waals surface area (Å²) < 4.78 is 26.4. The molecule has 0 fully saturated rings. The van der Waals surface area contributed by atoms with E-state index < -0.39 is 8.07 Å². The predicted molar refractivity (Wildman–Crippen MR) is 88.3 cm³/mol. The van der Waals surface area contributed by atoms with E-state index in [1.165, 1.54) is 12.1 Å². The molecule has 0 bridgehead atoms. The van der Waals surface area contributed by atoms with Crippen LogP contribution in [0.5, 0.6) is 5.75 Å². The summed E-state index contributed by atoms with van der Waals surface area (Å²) in [5.41, 5.74) is 1.53. The van der Waals surface area contributed by atoms with Gasteiger partial charge < -0.3 is 9.47 Å². The molecule has 0 unspecified atom stereocenters.